The van der Waals surface area contributed by atoms with Crippen LogP contribution < -0.4 is 10.2 Å². The molecular weight excluding hydrogens is 218 g/mol. The molecule has 0 heterocycles. The van der Waals surface area contributed by atoms with Crippen molar-refractivity contribution in [3.63, 3.8) is 0 Å². The summed E-state index contributed by atoms with van der Waals surface area (Å²) in [5.41, 5.74) is 7.06. The number of Topliss-reactive ketones (excluding diaryl/α,β-unsaturated/α-hetero) is 1. The average Bonchev–Trinajstić information content (AvgIpc) is 2.18. The Hall–Kier alpha value is -1.29. The molecule has 0 bridgehead atoms. The standard InChI is InChI=1S/C12H19NO2Si/c1-5-11(14)9-6-7-12(10(13)8-9)15-16(2,3)4/h6-8H,5,13H2,1-4H3. The molecule has 0 spiro atoms. The average molecular weight is 237 g/mol. The minimum Gasteiger partial charge on any atom is -0.543 e. The molecule has 0 aliphatic heterocycles. The van der Waals surface area contributed by atoms with E-state index in [4.69, 9.17) is 10.2 Å². The van der Waals surface area contributed by atoms with Crippen molar-refractivity contribution in [1.29, 1.82) is 0 Å². The molecule has 0 saturated carbocycles. The summed E-state index contributed by atoms with van der Waals surface area (Å²) in [4.78, 5) is 11.5. The number of benzene rings is 1. The monoisotopic (exact) mass is 237 g/mol. The van der Waals surface area contributed by atoms with Crippen molar-refractivity contribution in [2.24, 2.45) is 0 Å². The highest BCUT2D eigenvalue weighted by Crippen LogP contribution is 2.25. The highest BCUT2D eigenvalue weighted by Gasteiger charge is 2.18. The Balaban J connectivity index is 2.96. The SMILES string of the molecule is CCC(=O)c1ccc(O[Si](C)(C)C)c(N)c1. The molecule has 0 saturated heterocycles. The molecule has 88 valence electrons. The zero-order chi connectivity index (χ0) is 12.3. The maximum atomic E-state index is 11.5. The molecule has 3 nitrogen and oxygen atoms in total. The predicted molar refractivity (Wildman–Crippen MR) is 69.4 cm³/mol. The van der Waals surface area contributed by atoms with E-state index in [9.17, 15) is 4.79 Å². The summed E-state index contributed by atoms with van der Waals surface area (Å²) in [6.45, 7) is 8.12. The van der Waals surface area contributed by atoms with Gasteiger partial charge in [0.1, 0.15) is 5.75 Å². The molecule has 0 radical (unpaired) electrons. The smallest absolute Gasteiger partial charge is 0.242 e. The highest BCUT2D eigenvalue weighted by molar-refractivity contribution is 6.70. The quantitative estimate of drug-likeness (QED) is 0.497. The summed E-state index contributed by atoms with van der Waals surface area (Å²) in [6.07, 6.45) is 0.494. The number of nitrogen functional groups attached to an aromatic ring is 1. The minimum absolute atomic E-state index is 0.103. The summed E-state index contributed by atoms with van der Waals surface area (Å²) in [7, 11) is -1.65. The maximum Gasteiger partial charge on any atom is 0.242 e. The Bertz CT molecular complexity index is 396. The van der Waals surface area contributed by atoms with Gasteiger partial charge in [0.2, 0.25) is 8.32 Å². The Morgan fingerprint density at radius 3 is 2.44 bits per heavy atom. The van der Waals surface area contributed by atoms with E-state index < -0.39 is 8.32 Å². The molecule has 1 aromatic carbocycles. The first kappa shape index (κ1) is 12.8. The number of nitrogens with two attached hydrogens (primary N) is 1. The lowest BCUT2D eigenvalue weighted by Gasteiger charge is -2.20. The molecular formula is C12H19NO2Si. The Morgan fingerprint density at radius 2 is 2.00 bits per heavy atom. The zero-order valence-electron chi connectivity index (χ0n) is 10.3. The summed E-state index contributed by atoms with van der Waals surface area (Å²) < 4.78 is 5.80. The Morgan fingerprint density at radius 1 is 1.38 bits per heavy atom. The van der Waals surface area contributed by atoms with E-state index in [1.54, 1.807) is 18.2 Å². The predicted octanol–water partition coefficient (Wildman–Crippen LogP) is 3.08. The van der Waals surface area contributed by atoms with Crippen LogP contribution in [0.1, 0.15) is 23.7 Å². The lowest BCUT2D eigenvalue weighted by molar-refractivity contribution is 0.0988. The van der Waals surface area contributed by atoms with Crippen molar-refractivity contribution in [3.8, 4) is 5.75 Å². The van der Waals surface area contributed by atoms with E-state index in [0.717, 1.165) is 0 Å². The van der Waals surface area contributed by atoms with E-state index in [1.165, 1.54) is 0 Å². The second-order valence-corrected chi connectivity index (χ2v) is 9.17. The lowest BCUT2D eigenvalue weighted by Crippen LogP contribution is -2.29. The molecule has 0 amide bonds. The van der Waals surface area contributed by atoms with Crippen LogP contribution in [0.3, 0.4) is 0 Å². The van der Waals surface area contributed by atoms with Crippen molar-refractivity contribution in [2.45, 2.75) is 33.0 Å². The van der Waals surface area contributed by atoms with Gasteiger partial charge in [-0.15, -0.1) is 0 Å². The van der Waals surface area contributed by atoms with Gasteiger partial charge in [0.25, 0.3) is 0 Å². The van der Waals surface area contributed by atoms with E-state index in [1.807, 2.05) is 6.92 Å². The van der Waals surface area contributed by atoms with Crippen molar-refractivity contribution in [2.75, 3.05) is 5.73 Å². The molecule has 2 N–H and O–H groups in total. The molecule has 0 aliphatic rings. The first-order valence-corrected chi connectivity index (χ1v) is 8.86. The van der Waals surface area contributed by atoms with Gasteiger partial charge in [0.15, 0.2) is 5.78 Å². The van der Waals surface area contributed by atoms with Crippen LogP contribution in [0, 0.1) is 0 Å². The first-order chi connectivity index (χ1) is 7.33. The van der Waals surface area contributed by atoms with Gasteiger partial charge in [-0.3, -0.25) is 4.79 Å². The van der Waals surface area contributed by atoms with Gasteiger partial charge in [-0.25, -0.2) is 0 Å². The van der Waals surface area contributed by atoms with Crippen molar-refractivity contribution < 1.29 is 9.22 Å². The molecule has 0 unspecified atom stereocenters. The number of anilines is 1. The fraction of sp³-hybridized carbons (Fsp3) is 0.417. The molecule has 1 rings (SSSR count). The van der Waals surface area contributed by atoms with E-state index in [-0.39, 0.29) is 5.78 Å². The van der Waals surface area contributed by atoms with E-state index in [0.29, 0.717) is 23.4 Å². The summed E-state index contributed by atoms with van der Waals surface area (Å²) in [5, 5.41) is 0. The van der Waals surface area contributed by atoms with Crippen LogP contribution in [-0.2, 0) is 0 Å². The third-order valence-electron chi connectivity index (χ3n) is 2.07. The second-order valence-electron chi connectivity index (χ2n) is 4.74. The molecule has 16 heavy (non-hydrogen) atoms. The van der Waals surface area contributed by atoms with Crippen molar-refractivity contribution in [3.05, 3.63) is 23.8 Å². The molecule has 4 heteroatoms. The zero-order valence-corrected chi connectivity index (χ0v) is 11.3. The van der Waals surface area contributed by atoms with Crippen LogP contribution in [0.25, 0.3) is 0 Å². The van der Waals surface area contributed by atoms with Gasteiger partial charge in [-0.1, -0.05) is 6.92 Å². The number of carbonyl (C=O) groups excluding carboxylic acids is 1. The third-order valence-corrected chi connectivity index (χ3v) is 2.90. The van der Waals surface area contributed by atoms with Crippen molar-refractivity contribution in [1.82, 2.24) is 0 Å². The second kappa shape index (κ2) is 4.70. The summed E-state index contributed by atoms with van der Waals surface area (Å²) in [5.74, 6) is 0.790. The van der Waals surface area contributed by atoms with Gasteiger partial charge in [0.05, 0.1) is 5.69 Å². The van der Waals surface area contributed by atoms with Crippen LogP contribution in [-0.4, -0.2) is 14.1 Å². The molecule has 0 aliphatic carbocycles. The normalized spacial score (nSPS) is 11.2. The third kappa shape index (κ3) is 3.38. The first-order valence-electron chi connectivity index (χ1n) is 5.45. The van der Waals surface area contributed by atoms with Crippen molar-refractivity contribution >= 4 is 19.8 Å². The highest BCUT2D eigenvalue weighted by atomic mass is 28.4. The number of carbonyl (C=O) groups is 1. The largest absolute Gasteiger partial charge is 0.543 e. The van der Waals surface area contributed by atoms with Gasteiger partial charge in [-0.05, 0) is 37.8 Å². The maximum absolute atomic E-state index is 11.5. The van der Waals surface area contributed by atoms with Crippen LogP contribution >= 0.6 is 0 Å². The van der Waals surface area contributed by atoms with Gasteiger partial charge < -0.3 is 10.2 Å². The lowest BCUT2D eigenvalue weighted by atomic mass is 10.1. The number of rotatable bonds is 4. The molecule has 0 atom stereocenters. The van der Waals surface area contributed by atoms with Gasteiger partial charge in [0, 0.05) is 12.0 Å². The van der Waals surface area contributed by atoms with E-state index >= 15 is 0 Å². The summed E-state index contributed by atoms with van der Waals surface area (Å²) in [6, 6.07) is 5.26. The Kier molecular flexibility index (Phi) is 3.75. The molecule has 1 aromatic rings. The Labute approximate surface area is 97.7 Å². The number of hydrogen-bond donors (Lipinski definition) is 1. The fourth-order valence-corrected chi connectivity index (χ4v) is 2.19. The molecule has 0 fully saturated rings. The van der Waals surface area contributed by atoms with E-state index in [2.05, 4.69) is 19.6 Å². The van der Waals surface area contributed by atoms with Crippen LogP contribution in [0.2, 0.25) is 19.6 Å². The molecule has 0 aromatic heterocycles. The van der Waals surface area contributed by atoms with Gasteiger partial charge >= 0.3 is 0 Å². The van der Waals surface area contributed by atoms with Crippen LogP contribution in [0.5, 0.6) is 5.75 Å². The number of hydrogen-bond acceptors (Lipinski definition) is 3. The topological polar surface area (TPSA) is 52.3 Å². The number of ketones is 1. The van der Waals surface area contributed by atoms with Crippen LogP contribution in [0.15, 0.2) is 18.2 Å². The summed E-state index contributed by atoms with van der Waals surface area (Å²) >= 11 is 0. The van der Waals surface area contributed by atoms with Crippen LogP contribution in [0.4, 0.5) is 5.69 Å². The van der Waals surface area contributed by atoms with Gasteiger partial charge in [-0.2, -0.15) is 0 Å². The fourth-order valence-electron chi connectivity index (χ4n) is 1.35. The minimum atomic E-state index is -1.65.